The Balaban J connectivity index is 2.05. The molecular weight excluding hydrogens is 206 g/mol. The van der Waals surface area contributed by atoms with E-state index < -0.39 is 0 Å². The van der Waals surface area contributed by atoms with E-state index in [0.29, 0.717) is 5.82 Å². The van der Waals surface area contributed by atoms with Gasteiger partial charge in [0, 0.05) is 13.1 Å². The molecule has 1 aliphatic heterocycles. The summed E-state index contributed by atoms with van der Waals surface area (Å²) < 4.78 is 5.67. The second-order valence-corrected chi connectivity index (χ2v) is 4.12. The van der Waals surface area contributed by atoms with Crippen LogP contribution in [0.3, 0.4) is 0 Å². The number of nitrogens with one attached hydrogen (secondary N) is 1. The predicted octanol–water partition coefficient (Wildman–Crippen LogP) is 0.218. The van der Waals surface area contributed by atoms with Gasteiger partial charge in [0.15, 0.2) is 11.6 Å². The van der Waals surface area contributed by atoms with Gasteiger partial charge >= 0.3 is 0 Å². The van der Waals surface area contributed by atoms with Gasteiger partial charge in [0.05, 0.1) is 12.6 Å². The molecule has 90 valence electrons. The van der Waals surface area contributed by atoms with E-state index >= 15 is 0 Å². The van der Waals surface area contributed by atoms with Crippen LogP contribution in [0.15, 0.2) is 0 Å². The summed E-state index contributed by atoms with van der Waals surface area (Å²) in [6.07, 6.45) is -0.00583. The number of hydrogen-bond acceptors (Lipinski definition) is 5. The summed E-state index contributed by atoms with van der Waals surface area (Å²) in [5.41, 5.74) is 5.71. The molecule has 0 saturated carbocycles. The van der Waals surface area contributed by atoms with Gasteiger partial charge in [0.1, 0.15) is 6.10 Å². The zero-order valence-corrected chi connectivity index (χ0v) is 9.81. The fourth-order valence-corrected chi connectivity index (χ4v) is 1.79. The molecule has 0 spiro atoms. The number of morpholine rings is 1. The molecule has 1 fully saturated rings. The van der Waals surface area contributed by atoms with Crippen molar-refractivity contribution in [1.29, 1.82) is 0 Å². The van der Waals surface area contributed by atoms with E-state index in [-0.39, 0.29) is 12.1 Å². The van der Waals surface area contributed by atoms with Crippen LogP contribution >= 0.6 is 0 Å². The maximum atomic E-state index is 5.71. The molecule has 1 saturated heterocycles. The Bertz CT molecular complexity index is 338. The largest absolute Gasteiger partial charge is 0.368 e. The average molecular weight is 225 g/mol. The zero-order valence-electron chi connectivity index (χ0n) is 9.81. The van der Waals surface area contributed by atoms with Gasteiger partial charge in [-0.15, -0.1) is 0 Å². The second-order valence-electron chi connectivity index (χ2n) is 4.12. The Morgan fingerprint density at radius 3 is 3.12 bits per heavy atom. The minimum Gasteiger partial charge on any atom is -0.368 e. The first-order valence-electron chi connectivity index (χ1n) is 5.72. The maximum Gasteiger partial charge on any atom is 0.167 e. The lowest BCUT2D eigenvalue weighted by molar-refractivity contribution is -0.0324. The van der Waals surface area contributed by atoms with Gasteiger partial charge in [-0.2, -0.15) is 5.10 Å². The van der Waals surface area contributed by atoms with Crippen LogP contribution < -0.4 is 5.73 Å². The molecule has 6 heteroatoms. The lowest BCUT2D eigenvalue weighted by atomic mass is 10.2. The molecule has 0 amide bonds. The van der Waals surface area contributed by atoms with E-state index in [2.05, 4.69) is 27.0 Å². The van der Waals surface area contributed by atoms with Gasteiger partial charge in [-0.1, -0.05) is 6.92 Å². The van der Waals surface area contributed by atoms with Gasteiger partial charge in [0.2, 0.25) is 0 Å². The number of H-pyrrole nitrogens is 1. The van der Waals surface area contributed by atoms with Crippen LogP contribution in [0.25, 0.3) is 0 Å². The Morgan fingerprint density at radius 2 is 2.50 bits per heavy atom. The van der Waals surface area contributed by atoms with E-state index in [4.69, 9.17) is 10.5 Å². The second kappa shape index (κ2) is 4.90. The van der Waals surface area contributed by atoms with Gasteiger partial charge in [0.25, 0.3) is 0 Å². The summed E-state index contributed by atoms with van der Waals surface area (Å²) in [6.45, 7) is 7.65. The molecule has 2 unspecified atom stereocenters. The number of nitrogens with zero attached hydrogens (tertiary/aromatic N) is 3. The van der Waals surface area contributed by atoms with E-state index in [0.717, 1.165) is 32.1 Å². The lowest BCUT2D eigenvalue weighted by Crippen LogP contribution is -2.38. The van der Waals surface area contributed by atoms with Crippen LogP contribution in [0.5, 0.6) is 0 Å². The molecule has 2 rings (SSSR count). The number of hydrogen-bond donors (Lipinski definition) is 2. The molecule has 1 aromatic rings. The number of aromatic nitrogens is 3. The number of aromatic amines is 1. The molecule has 2 atom stereocenters. The number of ether oxygens (including phenoxy) is 1. The van der Waals surface area contributed by atoms with Gasteiger partial charge in [-0.3, -0.25) is 10.00 Å². The van der Waals surface area contributed by atoms with Crippen molar-refractivity contribution in [2.24, 2.45) is 5.73 Å². The average Bonchev–Trinajstić information content (AvgIpc) is 2.78. The van der Waals surface area contributed by atoms with Crippen LogP contribution in [-0.2, 0) is 4.74 Å². The molecule has 3 N–H and O–H groups in total. The molecule has 0 aliphatic carbocycles. The highest BCUT2D eigenvalue weighted by molar-refractivity contribution is 4.99. The van der Waals surface area contributed by atoms with E-state index in [1.54, 1.807) is 0 Å². The minimum atomic E-state index is -0.143. The smallest absolute Gasteiger partial charge is 0.167 e. The number of rotatable bonds is 3. The maximum absolute atomic E-state index is 5.71. The number of likely N-dealkylation sites (N-methyl/N-ethyl adjacent to an activating group) is 1. The van der Waals surface area contributed by atoms with Crippen LogP contribution in [0, 0.1) is 0 Å². The summed E-state index contributed by atoms with van der Waals surface area (Å²) in [6, 6.07) is -0.143. The SMILES string of the molecule is CCN1CCOC(c2nc(C(C)N)n[nH]2)C1. The first-order valence-corrected chi connectivity index (χ1v) is 5.72. The summed E-state index contributed by atoms with van der Waals surface area (Å²) in [4.78, 5) is 6.69. The monoisotopic (exact) mass is 225 g/mol. The first-order chi connectivity index (χ1) is 7.70. The normalized spacial score (nSPS) is 24.6. The molecule has 0 bridgehead atoms. The van der Waals surface area contributed by atoms with Crippen molar-refractivity contribution >= 4 is 0 Å². The van der Waals surface area contributed by atoms with Crippen molar-refractivity contribution in [3.05, 3.63) is 11.6 Å². The van der Waals surface area contributed by atoms with Gasteiger partial charge in [-0.05, 0) is 13.5 Å². The Kier molecular flexibility index (Phi) is 3.52. The van der Waals surface area contributed by atoms with Gasteiger partial charge in [-0.25, -0.2) is 4.98 Å². The summed E-state index contributed by atoms with van der Waals surface area (Å²) >= 11 is 0. The van der Waals surface area contributed by atoms with Crippen molar-refractivity contribution < 1.29 is 4.74 Å². The van der Waals surface area contributed by atoms with Crippen molar-refractivity contribution in [3.8, 4) is 0 Å². The molecule has 0 radical (unpaired) electrons. The Labute approximate surface area is 95.2 Å². The standard InChI is InChI=1S/C10H19N5O/c1-3-15-4-5-16-8(6-15)10-12-9(7(2)11)13-14-10/h7-8H,3-6,11H2,1-2H3,(H,12,13,14). The lowest BCUT2D eigenvalue weighted by Gasteiger charge is -2.30. The molecule has 1 aromatic heterocycles. The topological polar surface area (TPSA) is 80.1 Å². The predicted molar refractivity (Wildman–Crippen MR) is 59.8 cm³/mol. The molecule has 1 aliphatic rings. The third-order valence-corrected chi connectivity index (χ3v) is 2.83. The fraction of sp³-hybridized carbons (Fsp3) is 0.800. The van der Waals surface area contributed by atoms with Crippen LogP contribution in [-0.4, -0.2) is 46.3 Å². The van der Waals surface area contributed by atoms with Crippen molar-refractivity contribution in [2.75, 3.05) is 26.2 Å². The van der Waals surface area contributed by atoms with Crippen molar-refractivity contribution in [3.63, 3.8) is 0 Å². The molecule has 2 heterocycles. The molecule has 0 aromatic carbocycles. The Hall–Kier alpha value is -0.980. The molecule has 6 nitrogen and oxygen atoms in total. The summed E-state index contributed by atoms with van der Waals surface area (Å²) in [7, 11) is 0. The quantitative estimate of drug-likeness (QED) is 0.769. The minimum absolute atomic E-state index is 0.00583. The fourth-order valence-electron chi connectivity index (χ4n) is 1.79. The third-order valence-electron chi connectivity index (χ3n) is 2.83. The van der Waals surface area contributed by atoms with Crippen LogP contribution in [0.1, 0.15) is 37.6 Å². The molecule has 16 heavy (non-hydrogen) atoms. The van der Waals surface area contributed by atoms with Crippen LogP contribution in [0.2, 0.25) is 0 Å². The zero-order chi connectivity index (χ0) is 11.5. The Morgan fingerprint density at radius 1 is 1.69 bits per heavy atom. The van der Waals surface area contributed by atoms with E-state index in [1.807, 2.05) is 6.92 Å². The highest BCUT2D eigenvalue weighted by Crippen LogP contribution is 2.19. The van der Waals surface area contributed by atoms with E-state index in [1.165, 1.54) is 0 Å². The van der Waals surface area contributed by atoms with Gasteiger partial charge < -0.3 is 10.5 Å². The van der Waals surface area contributed by atoms with Crippen molar-refractivity contribution in [1.82, 2.24) is 20.1 Å². The van der Waals surface area contributed by atoms with E-state index in [9.17, 15) is 0 Å². The highest BCUT2D eigenvalue weighted by Gasteiger charge is 2.24. The number of nitrogens with two attached hydrogens (primary N) is 1. The first kappa shape index (κ1) is 11.5. The van der Waals surface area contributed by atoms with Crippen LogP contribution in [0.4, 0.5) is 0 Å². The molecular formula is C10H19N5O. The van der Waals surface area contributed by atoms with Crippen molar-refractivity contribution in [2.45, 2.75) is 26.0 Å². The summed E-state index contributed by atoms with van der Waals surface area (Å²) in [5, 5.41) is 6.99. The summed E-state index contributed by atoms with van der Waals surface area (Å²) in [5.74, 6) is 1.43. The highest BCUT2D eigenvalue weighted by atomic mass is 16.5. The third kappa shape index (κ3) is 2.40.